The van der Waals surface area contributed by atoms with Gasteiger partial charge in [-0.2, -0.15) is 0 Å². The third-order valence-corrected chi connectivity index (χ3v) is 5.41. The largest absolute Gasteiger partial charge is 0.343 e. The Bertz CT molecular complexity index is 489. The summed E-state index contributed by atoms with van der Waals surface area (Å²) in [6, 6.07) is 7.07. The van der Waals surface area contributed by atoms with Crippen LogP contribution in [0.5, 0.6) is 0 Å². The molecule has 0 radical (unpaired) electrons. The summed E-state index contributed by atoms with van der Waals surface area (Å²) in [7, 11) is 1.91. The Labute approximate surface area is 136 Å². The van der Waals surface area contributed by atoms with Gasteiger partial charge in [0, 0.05) is 43.2 Å². The van der Waals surface area contributed by atoms with E-state index >= 15 is 0 Å². The maximum absolute atomic E-state index is 13.5. The van der Waals surface area contributed by atoms with Crippen LogP contribution in [0.3, 0.4) is 0 Å². The molecular formula is C17H25FN2OS. The lowest BCUT2D eigenvalue weighted by Gasteiger charge is -2.36. The monoisotopic (exact) mass is 324 g/mol. The SMILES string of the molecule is CCN1CCC(N(C)C(=O)CCSc2ccccc2F)CC1. The molecule has 1 heterocycles. The number of thioether (sulfide) groups is 1. The number of benzene rings is 1. The highest BCUT2D eigenvalue weighted by Crippen LogP contribution is 2.22. The average molecular weight is 324 g/mol. The van der Waals surface area contributed by atoms with Gasteiger partial charge in [0.15, 0.2) is 0 Å². The fourth-order valence-electron chi connectivity index (χ4n) is 2.81. The molecule has 1 fully saturated rings. The molecule has 1 saturated heterocycles. The number of hydrogen-bond donors (Lipinski definition) is 0. The highest BCUT2D eigenvalue weighted by molar-refractivity contribution is 7.99. The maximum Gasteiger partial charge on any atom is 0.223 e. The third kappa shape index (κ3) is 4.71. The van der Waals surface area contributed by atoms with Crippen LogP contribution < -0.4 is 0 Å². The molecule has 122 valence electrons. The number of hydrogen-bond acceptors (Lipinski definition) is 3. The Balaban J connectivity index is 1.74. The molecule has 0 spiro atoms. The number of likely N-dealkylation sites (tertiary alicyclic amines) is 1. The molecule has 0 unspecified atom stereocenters. The van der Waals surface area contributed by atoms with Crippen LogP contribution in [0.25, 0.3) is 0 Å². The van der Waals surface area contributed by atoms with Gasteiger partial charge in [-0.05, 0) is 31.5 Å². The van der Waals surface area contributed by atoms with Crippen molar-refractivity contribution in [1.82, 2.24) is 9.80 Å². The van der Waals surface area contributed by atoms with Crippen molar-refractivity contribution in [1.29, 1.82) is 0 Å². The molecule has 3 nitrogen and oxygen atoms in total. The van der Waals surface area contributed by atoms with Gasteiger partial charge in [0.05, 0.1) is 0 Å². The molecule has 1 aromatic rings. The van der Waals surface area contributed by atoms with Gasteiger partial charge in [0.2, 0.25) is 5.91 Å². The Morgan fingerprint density at radius 1 is 1.36 bits per heavy atom. The van der Waals surface area contributed by atoms with Crippen LogP contribution in [0.4, 0.5) is 4.39 Å². The minimum Gasteiger partial charge on any atom is -0.343 e. The molecule has 2 rings (SSSR count). The predicted molar refractivity (Wildman–Crippen MR) is 89.6 cm³/mol. The van der Waals surface area contributed by atoms with Crippen molar-refractivity contribution in [3.05, 3.63) is 30.1 Å². The van der Waals surface area contributed by atoms with Crippen LogP contribution in [0, 0.1) is 5.82 Å². The summed E-state index contributed by atoms with van der Waals surface area (Å²) < 4.78 is 13.5. The number of amides is 1. The van der Waals surface area contributed by atoms with Crippen LogP contribution in [-0.4, -0.2) is 54.2 Å². The zero-order valence-electron chi connectivity index (χ0n) is 13.4. The van der Waals surface area contributed by atoms with Crippen molar-refractivity contribution in [2.24, 2.45) is 0 Å². The summed E-state index contributed by atoms with van der Waals surface area (Å²) in [5, 5.41) is 0. The Morgan fingerprint density at radius 2 is 2.05 bits per heavy atom. The summed E-state index contributed by atoms with van der Waals surface area (Å²) in [5.41, 5.74) is 0. The van der Waals surface area contributed by atoms with Crippen molar-refractivity contribution < 1.29 is 9.18 Å². The Kier molecular flexibility index (Phi) is 6.70. The smallest absolute Gasteiger partial charge is 0.223 e. The maximum atomic E-state index is 13.5. The van der Waals surface area contributed by atoms with Crippen molar-refractivity contribution in [2.75, 3.05) is 32.4 Å². The molecule has 1 aromatic carbocycles. The van der Waals surface area contributed by atoms with Gasteiger partial charge in [-0.15, -0.1) is 11.8 Å². The molecule has 1 aliphatic heterocycles. The zero-order chi connectivity index (χ0) is 15.9. The highest BCUT2D eigenvalue weighted by atomic mass is 32.2. The van der Waals surface area contributed by atoms with Crippen LogP contribution in [-0.2, 0) is 4.79 Å². The number of carbonyl (C=O) groups excluding carboxylic acids is 1. The van der Waals surface area contributed by atoms with E-state index < -0.39 is 0 Å². The topological polar surface area (TPSA) is 23.6 Å². The second-order valence-electron chi connectivity index (χ2n) is 5.70. The lowest BCUT2D eigenvalue weighted by atomic mass is 10.0. The number of carbonyl (C=O) groups is 1. The van der Waals surface area contributed by atoms with Gasteiger partial charge in [0.1, 0.15) is 5.82 Å². The van der Waals surface area contributed by atoms with E-state index in [0.717, 1.165) is 32.5 Å². The molecule has 5 heteroatoms. The van der Waals surface area contributed by atoms with Gasteiger partial charge in [-0.1, -0.05) is 19.1 Å². The number of piperidine rings is 1. The molecule has 0 aliphatic carbocycles. The van der Waals surface area contributed by atoms with E-state index in [4.69, 9.17) is 0 Å². The van der Waals surface area contributed by atoms with Gasteiger partial charge < -0.3 is 9.80 Å². The molecule has 0 atom stereocenters. The van der Waals surface area contributed by atoms with Crippen LogP contribution in [0.2, 0.25) is 0 Å². The van der Waals surface area contributed by atoms with Crippen molar-refractivity contribution >= 4 is 17.7 Å². The van der Waals surface area contributed by atoms with E-state index in [1.807, 2.05) is 18.0 Å². The normalized spacial score (nSPS) is 16.7. The lowest BCUT2D eigenvalue weighted by Crippen LogP contribution is -2.45. The van der Waals surface area contributed by atoms with Crippen LogP contribution in [0.15, 0.2) is 29.2 Å². The zero-order valence-corrected chi connectivity index (χ0v) is 14.2. The van der Waals surface area contributed by atoms with Crippen molar-refractivity contribution in [2.45, 2.75) is 37.1 Å². The van der Waals surface area contributed by atoms with E-state index in [9.17, 15) is 9.18 Å². The second-order valence-corrected chi connectivity index (χ2v) is 6.84. The molecule has 0 N–H and O–H groups in total. The molecule has 1 aliphatic rings. The Hall–Kier alpha value is -1.07. The fourth-order valence-corrected chi connectivity index (χ4v) is 3.69. The molecule has 0 aromatic heterocycles. The van der Waals surface area contributed by atoms with Gasteiger partial charge in [-0.3, -0.25) is 4.79 Å². The number of halogens is 1. The van der Waals surface area contributed by atoms with Gasteiger partial charge in [0.25, 0.3) is 0 Å². The highest BCUT2D eigenvalue weighted by Gasteiger charge is 2.24. The molecule has 22 heavy (non-hydrogen) atoms. The van der Waals surface area contributed by atoms with E-state index in [1.54, 1.807) is 12.1 Å². The molecule has 0 saturated carbocycles. The first-order valence-electron chi connectivity index (χ1n) is 7.97. The molecular weight excluding hydrogens is 299 g/mol. The summed E-state index contributed by atoms with van der Waals surface area (Å²) in [6.07, 6.45) is 2.57. The van der Waals surface area contributed by atoms with Gasteiger partial charge >= 0.3 is 0 Å². The first kappa shape index (κ1) is 17.3. The lowest BCUT2D eigenvalue weighted by molar-refractivity contribution is -0.132. The van der Waals surface area contributed by atoms with E-state index in [2.05, 4.69) is 11.8 Å². The third-order valence-electron chi connectivity index (χ3n) is 4.36. The Morgan fingerprint density at radius 3 is 2.68 bits per heavy atom. The number of nitrogens with zero attached hydrogens (tertiary/aromatic N) is 2. The first-order valence-corrected chi connectivity index (χ1v) is 8.95. The van der Waals surface area contributed by atoms with Gasteiger partial charge in [-0.25, -0.2) is 4.39 Å². The van der Waals surface area contributed by atoms with E-state index in [0.29, 0.717) is 23.1 Å². The summed E-state index contributed by atoms with van der Waals surface area (Å²) >= 11 is 1.41. The summed E-state index contributed by atoms with van der Waals surface area (Å²) in [6.45, 7) is 5.41. The molecule has 0 bridgehead atoms. The predicted octanol–water partition coefficient (Wildman–Crippen LogP) is 3.25. The van der Waals surface area contributed by atoms with Crippen molar-refractivity contribution in [3.63, 3.8) is 0 Å². The van der Waals surface area contributed by atoms with Crippen LogP contribution in [0.1, 0.15) is 26.2 Å². The van der Waals surface area contributed by atoms with Crippen LogP contribution >= 0.6 is 11.8 Å². The van der Waals surface area contributed by atoms with Crippen molar-refractivity contribution in [3.8, 4) is 0 Å². The number of rotatable bonds is 6. The molecule has 1 amide bonds. The fraction of sp³-hybridized carbons (Fsp3) is 0.588. The summed E-state index contributed by atoms with van der Waals surface area (Å²) in [5.74, 6) is 0.580. The van der Waals surface area contributed by atoms with E-state index in [-0.39, 0.29) is 11.7 Å². The standard InChI is InChI=1S/C17H25FN2OS/c1-3-20-11-8-14(9-12-20)19(2)17(21)10-13-22-16-7-5-4-6-15(16)18/h4-7,14H,3,8-13H2,1-2H3. The minimum absolute atomic E-state index is 0.166. The summed E-state index contributed by atoms with van der Waals surface area (Å²) in [4.78, 5) is 17.2. The second kappa shape index (κ2) is 8.53. The van der Waals surface area contributed by atoms with E-state index in [1.165, 1.54) is 17.8 Å². The quantitative estimate of drug-likeness (QED) is 0.751. The first-order chi connectivity index (χ1) is 10.6. The average Bonchev–Trinajstić information content (AvgIpc) is 2.56. The minimum atomic E-state index is -0.208.